The maximum absolute atomic E-state index is 13.6. The molecule has 0 radical (unpaired) electrons. The maximum Gasteiger partial charge on any atom is 0.125 e. The number of nitrogens with zero attached hydrogens (tertiary/aromatic N) is 2. The highest BCUT2D eigenvalue weighted by Crippen LogP contribution is 2.34. The van der Waals surface area contributed by atoms with Gasteiger partial charge < -0.3 is 9.80 Å². The summed E-state index contributed by atoms with van der Waals surface area (Å²) in [6.45, 7) is 6.66. The fraction of sp³-hybridized carbons (Fsp3) is 0.625. The molecule has 2 aliphatic rings. The summed E-state index contributed by atoms with van der Waals surface area (Å²) in [6, 6.07) is 5.30. The van der Waals surface area contributed by atoms with E-state index in [2.05, 4.69) is 16.7 Å². The quantitative estimate of drug-likeness (QED) is 0.802. The third-order valence-corrected chi connectivity index (χ3v) is 4.38. The topological polar surface area (TPSA) is 6.48 Å². The molecule has 2 heterocycles. The molecule has 0 aliphatic carbocycles. The van der Waals surface area contributed by atoms with E-state index in [0.29, 0.717) is 0 Å². The first-order valence-electron chi connectivity index (χ1n) is 7.53. The van der Waals surface area contributed by atoms with Crippen LogP contribution in [0.4, 0.5) is 15.8 Å². The first kappa shape index (κ1) is 12.8. The van der Waals surface area contributed by atoms with Crippen molar-refractivity contribution in [3.63, 3.8) is 0 Å². The largest absolute Gasteiger partial charge is 0.370 e. The Morgan fingerprint density at radius 2 is 1.74 bits per heavy atom. The fourth-order valence-electron chi connectivity index (χ4n) is 3.38. The summed E-state index contributed by atoms with van der Waals surface area (Å²) in [6.07, 6.45) is 5.02. The molecule has 2 aliphatic heterocycles. The Morgan fingerprint density at radius 1 is 1.00 bits per heavy atom. The monoisotopic (exact) mass is 262 g/mol. The van der Waals surface area contributed by atoms with Crippen LogP contribution in [0.25, 0.3) is 0 Å². The molecule has 0 amide bonds. The van der Waals surface area contributed by atoms with Gasteiger partial charge in [-0.25, -0.2) is 4.39 Å². The third kappa shape index (κ3) is 2.70. The lowest BCUT2D eigenvalue weighted by atomic mass is 9.99. The predicted octanol–water partition coefficient (Wildman–Crippen LogP) is 3.66. The van der Waals surface area contributed by atoms with E-state index in [-0.39, 0.29) is 5.82 Å². The summed E-state index contributed by atoms with van der Waals surface area (Å²) >= 11 is 0. The molecule has 0 aromatic heterocycles. The molecule has 0 N–H and O–H groups in total. The highest BCUT2D eigenvalue weighted by atomic mass is 19.1. The SMILES string of the molecule is CC1CCCN(c2ccc(F)cc2N2CCCC2)C1. The molecule has 2 saturated heterocycles. The summed E-state index contributed by atoms with van der Waals surface area (Å²) in [5.41, 5.74) is 2.33. The first-order valence-corrected chi connectivity index (χ1v) is 7.53. The second kappa shape index (κ2) is 5.40. The Kier molecular flexibility index (Phi) is 3.63. The molecule has 2 fully saturated rings. The van der Waals surface area contributed by atoms with E-state index in [0.717, 1.165) is 37.8 Å². The highest BCUT2D eigenvalue weighted by molar-refractivity contribution is 5.72. The van der Waals surface area contributed by atoms with Gasteiger partial charge in [-0.05, 0) is 49.8 Å². The van der Waals surface area contributed by atoms with E-state index in [1.54, 1.807) is 12.1 Å². The lowest BCUT2D eigenvalue weighted by Crippen LogP contribution is -2.35. The summed E-state index contributed by atoms with van der Waals surface area (Å²) in [7, 11) is 0. The van der Waals surface area contributed by atoms with Gasteiger partial charge in [-0.2, -0.15) is 0 Å². The Morgan fingerprint density at radius 3 is 2.47 bits per heavy atom. The lowest BCUT2D eigenvalue weighted by molar-refractivity contribution is 0.446. The highest BCUT2D eigenvalue weighted by Gasteiger charge is 2.23. The minimum atomic E-state index is -0.115. The van der Waals surface area contributed by atoms with Gasteiger partial charge >= 0.3 is 0 Å². The van der Waals surface area contributed by atoms with Crippen molar-refractivity contribution in [3.05, 3.63) is 24.0 Å². The van der Waals surface area contributed by atoms with E-state index >= 15 is 0 Å². The molecule has 1 atom stereocenters. The van der Waals surface area contributed by atoms with E-state index in [1.165, 1.54) is 31.4 Å². The predicted molar refractivity (Wildman–Crippen MR) is 78.5 cm³/mol. The zero-order valence-corrected chi connectivity index (χ0v) is 11.7. The van der Waals surface area contributed by atoms with Crippen molar-refractivity contribution in [2.24, 2.45) is 5.92 Å². The summed E-state index contributed by atoms with van der Waals surface area (Å²) in [5.74, 6) is 0.626. The normalized spacial score (nSPS) is 24.0. The van der Waals surface area contributed by atoms with Gasteiger partial charge in [0.25, 0.3) is 0 Å². The standard InChI is InChI=1S/C16H23FN2/c1-13-5-4-10-19(12-13)15-7-6-14(17)11-16(15)18-8-2-3-9-18/h6-7,11,13H,2-5,8-10,12H2,1H3. The van der Waals surface area contributed by atoms with Gasteiger partial charge in [-0.15, -0.1) is 0 Å². The van der Waals surface area contributed by atoms with Crippen LogP contribution < -0.4 is 9.80 Å². The van der Waals surface area contributed by atoms with Gasteiger partial charge in [0.15, 0.2) is 0 Å². The number of piperidine rings is 1. The van der Waals surface area contributed by atoms with Gasteiger partial charge in [0, 0.05) is 26.2 Å². The van der Waals surface area contributed by atoms with Crippen LogP contribution in [0.1, 0.15) is 32.6 Å². The van der Waals surface area contributed by atoms with Crippen LogP contribution in [0.15, 0.2) is 18.2 Å². The molecule has 0 spiro atoms. The number of rotatable bonds is 2. The molecular formula is C16H23FN2. The third-order valence-electron chi connectivity index (χ3n) is 4.38. The van der Waals surface area contributed by atoms with E-state index in [4.69, 9.17) is 0 Å². The van der Waals surface area contributed by atoms with E-state index in [1.807, 2.05) is 6.07 Å². The smallest absolute Gasteiger partial charge is 0.125 e. The van der Waals surface area contributed by atoms with Crippen molar-refractivity contribution in [2.75, 3.05) is 36.0 Å². The number of benzene rings is 1. The maximum atomic E-state index is 13.6. The van der Waals surface area contributed by atoms with Gasteiger partial charge in [0.05, 0.1) is 11.4 Å². The van der Waals surface area contributed by atoms with Crippen LogP contribution >= 0.6 is 0 Å². The van der Waals surface area contributed by atoms with Crippen molar-refractivity contribution >= 4 is 11.4 Å². The second-order valence-corrected chi connectivity index (χ2v) is 6.02. The molecule has 2 nitrogen and oxygen atoms in total. The summed E-state index contributed by atoms with van der Waals surface area (Å²) < 4.78 is 13.6. The number of anilines is 2. The molecule has 0 saturated carbocycles. The van der Waals surface area contributed by atoms with Crippen molar-refractivity contribution in [3.8, 4) is 0 Å². The number of hydrogen-bond acceptors (Lipinski definition) is 2. The minimum Gasteiger partial charge on any atom is -0.370 e. The van der Waals surface area contributed by atoms with Gasteiger partial charge in [-0.1, -0.05) is 6.92 Å². The van der Waals surface area contributed by atoms with Crippen LogP contribution in [0.5, 0.6) is 0 Å². The molecule has 0 bridgehead atoms. The van der Waals surface area contributed by atoms with Crippen LogP contribution in [-0.4, -0.2) is 26.2 Å². The molecule has 19 heavy (non-hydrogen) atoms. The Bertz CT molecular complexity index is 440. The van der Waals surface area contributed by atoms with Crippen LogP contribution in [0.3, 0.4) is 0 Å². The Balaban J connectivity index is 1.90. The van der Waals surface area contributed by atoms with E-state index in [9.17, 15) is 4.39 Å². The van der Waals surface area contributed by atoms with Gasteiger partial charge in [0.1, 0.15) is 5.82 Å². The second-order valence-electron chi connectivity index (χ2n) is 6.02. The molecule has 104 valence electrons. The van der Waals surface area contributed by atoms with Crippen molar-refractivity contribution in [2.45, 2.75) is 32.6 Å². The Labute approximate surface area is 115 Å². The van der Waals surface area contributed by atoms with Crippen LogP contribution in [0.2, 0.25) is 0 Å². The number of hydrogen-bond donors (Lipinski definition) is 0. The molecule has 3 rings (SSSR count). The lowest BCUT2D eigenvalue weighted by Gasteiger charge is -2.35. The molecule has 1 unspecified atom stereocenters. The van der Waals surface area contributed by atoms with Gasteiger partial charge in [0.2, 0.25) is 0 Å². The first-order chi connectivity index (χ1) is 9.24. The molecule has 3 heteroatoms. The van der Waals surface area contributed by atoms with E-state index < -0.39 is 0 Å². The van der Waals surface area contributed by atoms with Crippen LogP contribution in [-0.2, 0) is 0 Å². The number of halogens is 1. The van der Waals surface area contributed by atoms with Crippen molar-refractivity contribution < 1.29 is 4.39 Å². The fourth-order valence-corrected chi connectivity index (χ4v) is 3.38. The zero-order valence-electron chi connectivity index (χ0n) is 11.7. The molecule has 1 aromatic rings. The molecular weight excluding hydrogens is 239 g/mol. The minimum absolute atomic E-state index is 0.115. The van der Waals surface area contributed by atoms with Crippen molar-refractivity contribution in [1.82, 2.24) is 0 Å². The zero-order chi connectivity index (χ0) is 13.2. The average Bonchev–Trinajstić information content (AvgIpc) is 2.92. The Hall–Kier alpha value is -1.25. The molecule has 1 aromatic carbocycles. The van der Waals surface area contributed by atoms with Gasteiger partial charge in [-0.3, -0.25) is 0 Å². The summed E-state index contributed by atoms with van der Waals surface area (Å²) in [4.78, 5) is 4.79. The average molecular weight is 262 g/mol. The summed E-state index contributed by atoms with van der Waals surface area (Å²) in [5, 5.41) is 0. The van der Waals surface area contributed by atoms with Crippen LogP contribution in [0, 0.1) is 11.7 Å². The van der Waals surface area contributed by atoms with Crippen molar-refractivity contribution in [1.29, 1.82) is 0 Å².